The van der Waals surface area contributed by atoms with Gasteiger partial charge >= 0.3 is 0 Å². The lowest BCUT2D eigenvalue weighted by Crippen LogP contribution is -2.23. The molecule has 0 atom stereocenters. The monoisotopic (exact) mass is 118 g/mol. The van der Waals surface area contributed by atoms with Crippen LogP contribution in [0.15, 0.2) is 0 Å². The first-order valence-corrected chi connectivity index (χ1v) is 9.27. The maximum absolute atomic E-state index is 2.44. The fourth-order valence-corrected chi connectivity index (χ4v) is 0. The van der Waals surface area contributed by atoms with E-state index < -0.39 is 7.59 Å². The highest BCUT2D eigenvalue weighted by atomic mass is 29.2. The average Bonchev–Trinajstić information content (AvgIpc) is 1.35. The normalized spacial score (nSPS) is 12.5. The van der Waals surface area contributed by atoms with E-state index in [0.29, 0.717) is 0 Å². The van der Waals surface area contributed by atoms with E-state index in [4.69, 9.17) is 0 Å². The van der Waals surface area contributed by atoms with Gasteiger partial charge in [-0.3, -0.25) is 0 Å². The van der Waals surface area contributed by atoms with Crippen molar-refractivity contribution in [2.75, 3.05) is 0 Å². The van der Waals surface area contributed by atoms with Gasteiger partial charge in [-0.1, -0.05) is 26.1 Å². The molecule has 38 valence electrons. The molecule has 0 radical (unpaired) electrons. The lowest BCUT2D eigenvalue weighted by atomic mass is 11.0. The zero-order chi connectivity index (χ0) is 5.21. The quantitative estimate of drug-likeness (QED) is 0.442. The number of hydrogen-bond donors (Lipinski definition) is 0. The summed E-state index contributed by atoms with van der Waals surface area (Å²) in [5.74, 6) is 0. The van der Waals surface area contributed by atoms with Crippen molar-refractivity contribution in [1.82, 2.24) is 0 Å². The number of hydrogen-bond acceptors (Lipinski definition) is 0. The predicted molar refractivity (Wildman–Crippen MR) is 37.9 cm³/mol. The third-order valence-electron chi connectivity index (χ3n) is 1.06. The van der Waals surface area contributed by atoms with Crippen LogP contribution in [0.2, 0.25) is 19.1 Å². The molecule has 0 saturated heterocycles. The van der Waals surface area contributed by atoms with Crippen molar-refractivity contribution >= 4 is 17.4 Å². The summed E-state index contributed by atoms with van der Waals surface area (Å²) in [6.45, 7) is 7.19. The lowest BCUT2D eigenvalue weighted by Gasteiger charge is -2.09. The van der Waals surface area contributed by atoms with Crippen LogP contribution in [0.25, 0.3) is 0 Å². The van der Waals surface area contributed by atoms with Crippen LogP contribution < -0.4 is 0 Å². The van der Waals surface area contributed by atoms with Gasteiger partial charge in [-0.05, 0) is 9.76 Å². The van der Waals surface area contributed by atoms with Crippen LogP contribution in [0.4, 0.5) is 0 Å². The van der Waals surface area contributed by atoms with Gasteiger partial charge in [0.15, 0.2) is 0 Å². The van der Waals surface area contributed by atoms with Gasteiger partial charge in [-0.2, -0.15) is 0 Å². The molecule has 0 fully saturated rings. The SMILES string of the molecule is CC[Si](C)(C)[SiH3]. The first-order chi connectivity index (χ1) is 2.56. The molecule has 0 heterocycles. The van der Waals surface area contributed by atoms with Gasteiger partial charge < -0.3 is 0 Å². The van der Waals surface area contributed by atoms with Crippen molar-refractivity contribution in [3.63, 3.8) is 0 Å². The van der Waals surface area contributed by atoms with E-state index in [1.807, 2.05) is 0 Å². The largest absolute Gasteiger partial charge is 0.0720 e. The Morgan fingerprint density at radius 3 is 1.67 bits per heavy atom. The molecule has 0 spiro atoms. The molecule has 0 amide bonds. The molecule has 0 N–H and O–H groups in total. The Balaban J connectivity index is 3.17. The molecular weight excluding hydrogens is 104 g/mol. The Morgan fingerprint density at radius 2 is 1.67 bits per heavy atom. The summed E-state index contributed by atoms with van der Waals surface area (Å²) in [5, 5.41) is 0. The minimum atomic E-state index is -0.492. The minimum Gasteiger partial charge on any atom is -0.0720 e. The van der Waals surface area contributed by atoms with Gasteiger partial charge in [0.05, 0.1) is 0 Å². The molecule has 0 saturated carbocycles. The Kier molecular flexibility index (Phi) is 2.07. The smallest absolute Gasteiger partial charge is 0.0299 e. The Hall–Kier alpha value is 0.434. The maximum atomic E-state index is 2.44. The van der Waals surface area contributed by atoms with Gasteiger partial charge in [0.1, 0.15) is 0 Å². The van der Waals surface area contributed by atoms with Crippen molar-refractivity contribution in [2.24, 2.45) is 0 Å². The highest BCUT2D eigenvalue weighted by Gasteiger charge is 2.06. The first-order valence-electron chi connectivity index (χ1n) is 2.56. The Morgan fingerprint density at radius 1 is 1.50 bits per heavy atom. The lowest BCUT2D eigenvalue weighted by molar-refractivity contribution is 1.40. The van der Waals surface area contributed by atoms with Crippen molar-refractivity contribution in [3.05, 3.63) is 0 Å². The highest BCUT2D eigenvalue weighted by molar-refractivity contribution is 7.15. The molecule has 0 rings (SSSR count). The molecule has 0 aromatic rings. The molecule has 0 aliphatic rings. The fourth-order valence-electron chi connectivity index (χ4n) is 0. The zero-order valence-corrected chi connectivity index (χ0v) is 8.21. The third kappa shape index (κ3) is 4.43. The van der Waals surface area contributed by atoms with Crippen molar-refractivity contribution in [3.8, 4) is 0 Å². The van der Waals surface area contributed by atoms with Crippen LogP contribution in [0.3, 0.4) is 0 Å². The van der Waals surface area contributed by atoms with Crippen LogP contribution >= 0.6 is 0 Å². The van der Waals surface area contributed by atoms with E-state index in [1.165, 1.54) is 15.8 Å². The second kappa shape index (κ2) is 1.93. The predicted octanol–water partition coefficient (Wildman–Crippen LogP) is 0.577. The second-order valence-corrected chi connectivity index (χ2v) is 16.9. The van der Waals surface area contributed by atoms with Crippen LogP contribution in [-0.4, -0.2) is 17.4 Å². The van der Waals surface area contributed by atoms with E-state index in [0.717, 1.165) is 0 Å². The van der Waals surface area contributed by atoms with Gasteiger partial charge in [0.25, 0.3) is 0 Å². The summed E-state index contributed by atoms with van der Waals surface area (Å²) in [7, 11) is 0.975. The van der Waals surface area contributed by atoms with E-state index in [1.54, 1.807) is 0 Å². The van der Waals surface area contributed by atoms with Crippen molar-refractivity contribution in [1.29, 1.82) is 0 Å². The molecule has 0 aliphatic carbocycles. The summed E-state index contributed by atoms with van der Waals surface area (Å²) in [4.78, 5) is 0. The van der Waals surface area contributed by atoms with Crippen LogP contribution in [0, 0.1) is 0 Å². The molecule has 0 nitrogen and oxygen atoms in total. The van der Waals surface area contributed by atoms with Crippen molar-refractivity contribution in [2.45, 2.75) is 26.1 Å². The van der Waals surface area contributed by atoms with Gasteiger partial charge in [-0.15, -0.1) is 0 Å². The summed E-state index contributed by atoms with van der Waals surface area (Å²) in [6.07, 6.45) is 0. The van der Waals surface area contributed by atoms with Crippen LogP contribution in [0.5, 0.6) is 0 Å². The summed E-state index contributed by atoms with van der Waals surface area (Å²) < 4.78 is 0. The summed E-state index contributed by atoms with van der Waals surface area (Å²) >= 11 is 0. The molecule has 0 unspecified atom stereocenters. The van der Waals surface area contributed by atoms with E-state index in [2.05, 4.69) is 20.0 Å². The summed E-state index contributed by atoms with van der Waals surface area (Å²) in [6, 6.07) is 1.47. The second-order valence-electron chi connectivity index (χ2n) is 2.91. The van der Waals surface area contributed by atoms with Gasteiger partial charge in [-0.25, -0.2) is 0 Å². The molecule has 0 aromatic heterocycles. The molecule has 0 aliphatic heterocycles. The Bertz CT molecular complexity index is 35.3. The third-order valence-corrected chi connectivity index (χ3v) is 5.30. The maximum Gasteiger partial charge on any atom is 0.0299 e. The molecule has 2 heteroatoms. The standard InChI is InChI=1S/C4H14Si2/c1-4-6(2,3)5/h4H2,1-3,5H3. The van der Waals surface area contributed by atoms with Crippen LogP contribution in [0.1, 0.15) is 6.92 Å². The summed E-state index contributed by atoms with van der Waals surface area (Å²) in [5.41, 5.74) is 0. The van der Waals surface area contributed by atoms with Crippen LogP contribution in [-0.2, 0) is 0 Å². The van der Waals surface area contributed by atoms with Crippen molar-refractivity contribution < 1.29 is 0 Å². The molecule has 0 bridgehead atoms. The molecule has 0 aromatic carbocycles. The topological polar surface area (TPSA) is 0 Å². The highest BCUT2D eigenvalue weighted by Crippen LogP contribution is 1.99. The van der Waals surface area contributed by atoms with E-state index in [-0.39, 0.29) is 0 Å². The van der Waals surface area contributed by atoms with E-state index >= 15 is 0 Å². The van der Waals surface area contributed by atoms with E-state index in [9.17, 15) is 0 Å². The zero-order valence-electron chi connectivity index (χ0n) is 5.21. The first kappa shape index (κ1) is 6.43. The Labute approximate surface area is 44.2 Å². The number of rotatable bonds is 1. The van der Waals surface area contributed by atoms with Gasteiger partial charge in [0.2, 0.25) is 0 Å². The van der Waals surface area contributed by atoms with Gasteiger partial charge in [0, 0.05) is 7.59 Å². The minimum absolute atomic E-state index is 0.492. The molecule has 6 heavy (non-hydrogen) atoms. The molecular formula is C4H14Si2. The fraction of sp³-hybridized carbons (Fsp3) is 1.00. The average molecular weight is 118 g/mol.